The van der Waals surface area contributed by atoms with E-state index in [4.69, 9.17) is 16.3 Å². The molecule has 142 valence electrons. The Morgan fingerprint density at radius 2 is 1.82 bits per heavy atom. The third-order valence-electron chi connectivity index (χ3n) is 3.67. The van der Waals surface area contributed by atoms with E-state index in [9.17, 15) is 4.79 Å². The summed E-state index contributed by atoms with van der Waals surface area (Å²) in [4.78, 5) is 12.3. The van der Waals surface area contributed by atoms with Crippen molar-refractivity contribution in [2.24, 2.45) is 0 Å². The van der Waals surface area contributed by atoms with Crippen molar-refractivity contribution in [3.8, 4) is 5.75 Å². The number of carbonyl (C=O) groups is 1. The lowest BCUT2D eigenvalue weighted by Crippen LogP contribution is -2.11. The number of rotatable bonds is 7. The number of ether oxygens (including phenoxy) is 1. The summed E-state index contributed by atoms with van der Waals surface area (Å²) in [5.41, 5.74) is 2.71. The van der Waals surface area contributed by atoms with Crippen molar-refractivity contribution in [1.82, 2.24) is 10.2 Å². The summed E-state index contributed by atoms with van der Waals surface area (Å²) >= 11 is 7.49. The number of hydrogen-bond donors (Lipinski definition) is 1. The van der Waals surface area contributed by atoms with E-state index in [0.717, 1.165) is 28.2 Å². The van der Waals surface area contributed by atoms with E-state index in [0.29, 0.717) is 22.3 Å². The molecule has 5 nitrogen and oxygen atoms in total. The Bertz CT molecular complexity index is 995. The second kappa shape index (κ2) is 9.30. The maximum absolute atomic E-state index is 12.3. The molecular formula is C21H18ClN3O2S. The number of halogens is 1. The minimum atomic E-state index is -0.319. The highest BCUT2D eigenvalue weighted by molar-refractivity contribution is 7.15. The second-order valence-corrected chi connectivity index (χ2v) is 7.28. The van der Waals surface area contributed by atoms with E-state index >= 15 is 0 Å². The van der Waals surface area contributed by atoms with Crippen LogP contribution in [0.25, 0.3) is 11.1 Å². The molecular weight excluding hydrogens is 394 g/mol. The van der Waals surface area contributed by atoms with Gasteiger partial charge in [-0.25, -0.2) is 0 Å². The molecule has 28 heavy (non-hydrogen) atoms. The summed E-state index contributed by atoms with van der Waals surface area (Å²) in [7, 11) is 0. The van der Waals surface area contributed by atoms with Crippen LogP contribution < -0.4 is 10.1 Å². The number of benzene rings is 2. The van der Waals surface area contributed by atoms with Gasteiger partial charge in [0.05, 0.1) is 5.03 Å². The Hall–Kier alpha value is -2.96. The maximum Gasteiger partial charge on any atom is 0.286 e. The molecule has 1 amide bonds. The van der Waals surface area contributed by atoms with E-state index in [2.05, 4.69) is 22.1 Å². The van der Waals surface area contributed by atoms with Gasteiger partial charge in [0.15, 0.2) is 5.01 Å². The monoisotopic (exact) mass is 411 g/mol. The molecule has 0 saturated heterocycles. The van der Waals surface area contributed by atoms with Gasteiger partial charge in [-0.15, -0.1) is 10.2 Å². The van der Waals surface area contributed by atoms with Crippen LogP contribution in [0.2, 0.25) is 0 Å². The quantitative estimate of drug-likeness (QED) is 0.528. The molecule has 0 atom stereocenters. The zero-order valence-corrected chi connectivity index (χ0v) is 16.8. The first-order valence-electron chi connectivity index (χ1n) is 8.48. The lowest BCUT2D eigenvalue weighted by Gasteiger charge is -2.03. The SMILES string of the molecule is C=CCOc1ccc(/C=C(\Cl)c2nnc(C(=O)Nc3ccc(C)cc3)s2)cc1. The van der Waals surface area contributed by atoms with Gasteiger partial charge in [0.2, 0.25) is 5.01 Å². The van der Waals surface area contributed by atoms with Gasteiger partial charge in [-0.2, -0.15) is 0 Å². The first-order chi connectivity index (χ1) is 13.5. The van der Waals surface area contributed by atoms with Crippen LogP contribution in [-0.2, 0) is 0 Å². The third-order valence-corrected chi connectivity index (χ3v) is 5.03. The molecule has 1 heterocycles. The normalized spacial score (nSPS) is 11.1. The summed E-state index contributed by atoms with van der Waals surface area (Å²) in [6.45, 7) is 6.05. The number of carbonyl (C=O) groups excluding carboxylic acids is 1. The summed E-state index contributed by atoms with van der Waals surface area (Å²) in [5, 5.41) is 11.9. The second-order valence-electron chi connectivity index (χ2n) is 5.89. The smallest absolute Gasteiger partial charge is 0.286 e. The van der Waals surface area contributed by atoms with Crippen LogP contribution in [0.5, 0.6) is 5.75 Å². The number of nitrogens with zero attached hydrogens (tertiary/aromatic N) is 2. The first kappa shape index (κ1) is 19.8. The van der Waals surface area contributed by atoms with Crippen molar-refractivity contribution in [2.75, 3.05) is 11.9 Å². The molecule has 1 aromatic heterocycles. The van der Waals surface area contributed by atoms with Crippen molar-refractivity contribution >= 4 is 45.6 Å². The van der Waals surface area contributed by atoms with Gasteiger partial charge in [-0.1, -0.05) is 65.4 Å². The predicted molar refractivity (Wildman–Crippen MR) is 115 cm³/mol. The van der Waals surface area contributed by atoms with Gasteiger partial charge >= 0.3 is 0 Å². The van der Waals surface area contributed by atoms with Crippen LogP contribution in [0.1, 0.15) is 25.9 Å². The summed E-state index contributed by atoms with van der Waals surface area (Å²) in [6, 6.07) is 15.0. The van der Waals surface area contributed by atoms with Gasteiger partial charge in [0, 0.05) is 5.69 Å². The molecule has 0 aliphatic heterocycles. The maximum atomic E-state index is 12.3. The molecule has 0 radical (unpaired) electrons. The summed E-state index contributed by atoms with van der Waals surface area (Å²) in [5.74, 6) is 0.431. The van der Waals surface area contributed by atoms with Gasteiger partial charge in [0.1, 0.15) is 12.4 Å². The summed E-state index contributed by atoms with van der Waals surface area (Å²) in [6.07, 6.45) is 3.45. The third kappa shape index (κ3) is 5.28. The highest BCUT2D eigenvalue weighted by Crippen LogP contribution is 2.26. The Morgan fingerprint density at radius 3 is 2.50 bits per heavy atom. The fraction of sp³-hybridized carbons (Fsp3) is 0.0952. The number of aryl methyl sites for hydroxylation is 1. The highest BCUT2D eigenvalue weighted by atomic mass is 35.5. The molecule has 0 bridgehead atoms. The molecule has 0 aliphatic carbocycles. The van der Waals surface area contributed by atoms with Crippen molar-refractivity contribution in [1.29, 1.82) is 0 Å². The van der Waals surface area contributed by atoms with E-state index in [1.54, 1.807) is 12.2 Å². The molecule has 7 heteroatoms. The molecule has 0 fully saturated rings. The van der Waals surface area contributed by atoms with Gasteiger partial charge in [-0.3, -0.25) is 4.79 Å². The van der Waals surface area contributed by atoms with Crippen LogP contribution in [-0.4, -0.2) is 22.7 Å². The predicted octanol–water partition coefficient (Wildman–Crippen LogP) is 5.40. The lowest BCUT2D eigenvalue weighted by molar-refractivity contribution is 0.102. The van der Waals surface area contributed by atoms with E-state index in [1.165, 1.54) is 0 Å². The summed E-state index contributed by atoms with van der Waals surface area (Å²) < 4.78 is 5.45. The van der Waals surface area contributed by atoms with Crippen molar-refractivity contribution in [3.05, 3.63) is 82.3 Å². The molecule has 1 N–H and O–H groups in total. The Labute approximate surface area is 172 Å². The number of hydrogen-bond acceptors (Lipinski definition) is 5. The van der Waals surface area contributed by atoms with Crippen LogP contribution in [0.4, 0.5) is 5.69 Å². The molecule has 3 rings (SSSR count). The lowest BCUT2D eigenvalue weighted by atomic mass is 10.2. The van der Waals surface area contributed by atoms with Gasteiger partial charge in [0.25, 0.3) is 5.91 Å². The zero-order valence-electron chi connectivity index (χ0n) is 15.2. The first-order valence-corrected chi connectivity index (χ1v) is 9.67. The number of amides is 1. The van der Waals surface area contributed by atoms with Gasteiger partial charge < -0.3 is 10.1 Å². The van der Waals surface area contributed by atoms with Crippen molar-refractivity contribution in [2.45, 2.75) is 6.92 Å². The largest absolute Gasteiger partial charge is 0.490 e. The topological polar surface area (TPSA) is 64.1 Å². The van der Waals surface area contributed by atoms with Crippen molar-refractivity contribution < 1.29 is 9.53 Å². The van der Waals surface area contributed by atoms with Gasteiger partial charge in [-0.05, 0) is 42.8 Å². The average molecular weight is 412 g/mol. The van der Waals surface area contributed by atoms with E-state index in [1.807, 2.05) is 55.5 Å². The van der Waals surface area contributed by atoms with Crippen LogP contribution in [0.15, 0.2) is 61.2 Å². The van der Waals surface area contributed by atoms with Crippen LogP contribution in [0.3, 0.4) is 0 Å². The molecule has 0 saturated carbocycles. The number of anilines is 1. The standard InChI is InChI=1S/C21H18ClN3O2S/c1-3-12-27-17-10-6-15(7-11-17)13-18(22)20-24-25-21(28-20)19(26)23-16-8-4-14(2)5-9-16/h3-11,13H,1,12H2,2H3,(H,23,26)/b18-13-. The number of aromatic nitrogens is 2. The fourth-order valence-electron chi connectivity index (χ4n) is 2.26. The minimum absolute atomic E-state index is 0.246. The molecule has 3 aromatic rings. The molecule has 0 aliphatic rings. The van der Waals surface area contributed by atoms with Crippen molar-refractivity contribution in [3.63, 3.8) is 0 Å². The van der Waals surface area contributed by atoms with E-state index < -0.39 is 0 Å². The molecule has 0 spiro atoms. The Kier molecular flexibility index (Phi) is 6.57. The van der Waals surface area contributed by atoms with E-state index in [-0.39, 0.29) is 10.9 Å². The molecule has 2 aromatic carbocycles. The van der Waals surface area contributed by atoms with Crippen LogP contribution >= 0.6 is 22.9 Å². The Morgan fingerprint density at radius 1 is 1.14 bits per heavy atom. The molecule has 0 unspecified atom stereocenters. The average Bonchev–Trinajstić information content (AvgIpc) is 3.20. The highest BCUT2D eigenvalue weighted by Gasteiger charge is 2.14. The number of nitrogens with one attached hydrogen (secondary N) is 1. The Balaban J connectivity index is 1.68. The fourth-order valence-corrected chi connectivity index (χ4v) is 3.18. The zero-order chi connectivity index (χ0) is 19.9. The minimum Gasteiger partial charge on any atom is -0.490 e. The van der Waals surface area contributed by atoms with Crippen LogP contribution in [0, 0.1) is 6.92 Å².